The van der Waals surface area contributed by atoms with Crippen LogP contribution >= 0.6 is 0 Å². The van der Waals surface area contributed by atoms with E-state index in [1.54, 1.807) is 6.20 Å². The summed E-state index contributed by atoms with van der Waals surface area (Å²) in [6.07, 6.45) is 6.18. The summed E-state index contributed by atoms with van der Waals surface area (Å²) in [4.78, 5) is 18.9. The van der Waals surface area contributed by atoms with Crippen molar-refractivity contribution in [3.8, 4) is 0 Å². The van der Waals surface area contributed by atoms with E-state index in [1.165, 1.54) is 18.4 Å². The third kappa shape index (κ3) is 3.52. The average Bonchev–Trinajstić information content (AvgIpc) is 3.02. The van der Waals surface area contributed by atoms with E-state index in [9.17, 15) is 4.79 Å². The van der Waals surface area contributed by atoms with Crippen LogP contribution < -0.4 is 10.2 Å². The molecule has 0 atom stereocenters. The number of aromatic nitrogens is 1. The van der Waals surface area contributed by atoms with Crippen molar-refractivity contribution in [3.63, 3.8) is 0 Å². The van der Waals surface area contributed by atoms with Crippen molar-refractivity contribution in [3.05, 3.63) is 53.9 Å². The highest BCUT2D eigenvalue weighted by molar-refractivity contribution is 6.06. The number of para-hydroxylation sites is 1. The second-order valence-corrected chi connectivity index (χ2v) is 5.90. The first-order chi connectivity index (χ1) is 11.3. The lowest BCUT2D eigenvalue weighted by molar-refractivity contribution is 0.0984. The zero-order chi connectivity index (χ0) is 16.1. The monoisotopic (exact) mass is 309 g/mol. The number of fused-ring (bicyclic) bond motifs is 1. The number of benzene rings is 1. The molecule has 2 heterocycles. The van der Waals surface area contributed by atoms with Crippen LogP contribution in [0.1, 0.15) is 42.2 Å². The largest absolute Gasteiger partial charge is 0.385 e. The molecule has 23 heavy (non-hydrogen) atoms. The Morgan fingerprint density at radius 2 is 2.13 bits per heavy atom. The van der Waals surface area contributed by atoms with Crippen molar-refractivity contribution in [2.24, 2.45) is 0 Å². The third-order valence-electron chi connectivity index (χ3n) is 4.22. The van der Waals surface area contributed by atoms with E-state index in [-0.39, 0.29) is 5.91 Å². The van der Waals surface area contributed by atoms with Gasteiger partial charge in [0, 0.05) is 30.7 Å². The number of nitrogens with zero attached hydrogens (tertiary/aromatic N) is 2. The van der Waals surface area contributed by atoms with E-state index in [0.29, 0.717) is 5.69 Å². The molecule has 1 aliphatic heterocycles. The van der Waals surface area contributed by atoms with E-state index in [1.807, 2.05) is 35.2 Å². The molecule has 4 nitrogen and oxygen atoms in total. The van der Waals surface area contributed by atoms with E-state index in [0.717, 1.165) is 37.3 Å². The summed E-state index contributed by atoms with van der Waals surface area (Å²) in [7, 11) is 0. The normalized spacial score (nSPS) is 13.0. The molecule has 0 unspecified atom stereocenters. The molecule has 0 fully saturated rings. The van der Waals surface area contributed by atoms with Gasteiger partial charge in [0.05, 0.1) is 0 Å². The molecule has 0 spiro atoms. The molecule has 1 N–H and O–H groups in total. The Kier molecular flexibility index (Phi) is 4.91. The van der Waals surface area contributed by atoms with Crippen LogP contribution in [0.5, 0.6) is 0 Å². The zero-order valence-electron chi connectivity index (χ0n) is 13.6. The first-order valence-electron chi connectivity index (χ1n) is 8.39. The average molecular weight is 309 g/mol. The summed E-state index contributed by atoms with van der Waals surface area (Å²) in [6.45, 7) is 3.85. The first-order valence-corrected chi connectivity index (χ1v) is 8.39. The minimum atomic E-state index is -0.0211. The summed E-state index contributed by atoms with van der Waals surface area (Å²) >= 11 is 0. The highest BCUT2D eigenvalue weighted by Gasteiger charge is 2.25. The maximum atomic E-state index is 12.8. The van der Waals surface area contributed by atoms with Gasteiger partial charge in [-0.2, -0.15) is 0 Å². The number of unbranched alkanes of at least 4 members (excludes halogenated alkanes) is 2. The van der Waals surface area contributed by atoms with Gasteiger partial charge < -0.3 is 10.2 Å². The summed E-state index contributed by atoms with van der Waals surface area (Å²) in [5, 5.41) is 3.37. The molecule has 1 aliphatic rings. The van der Waals surface area contributed by atoms with Gasteiger partial charge in [-0.15, -0.1) is 0 Å². The highest BCUT2D eigenvalue weighted by Crippen LogP contribution is 2.28. The number of hydrogen-bond acceptors (Lipinski definition) is 3. The van der Waals surface area contributed by atoms with Gasteiger partial charge in [-0.05, 0) is 36.6 Å². The molecule has 0 radical (unpaired) electrons. The molecule has 1 aromatic heterocycles. The molecule has 3 rings (SSSR count). The predicted octanol–water partition coefficient (Wildman–Crippen LogP) is 3.89. The molecular formula is C19H23N3O. The molecule has 0 saturated heterocycles. The number of rotatable bonds is 6. The van der Waals surface area contributed by atoms with E-state index < -0.39 is 0 Å². The lowest BCUT2D eigenvalue weighted by atomic mass is 10.2. The van der Waals surface area contributed by atoms with Gasteiger partial charge in [0.1, 0.15) is 5.69 Å². The second-order valence-electron chi connectivity index (χ2n) is 5.90. The zero-order valence-corrected chi connectivity index (χ0v) is 13.6. The maximum absolute atomic E-state index is 12.8. The van der Waals surface area contributed by atoms with Crippen molar-refractivity contribution in [1.29, 1.82) is 0 Å². The molecule has 120 valence electrons. The van der Waals surface area contributed by atoms with Gasteiger partial charge in [0.25, 0.3) is 5.91 Å². The van der Waals surface area contributed by atoms with Crippen molar-refractivity contribution in [2.75, 3.05) is 23.3 Å². The number of hydrogen-bond donors (Lipinski definition) is 1. The lowest BCUT2D eigenvalue weighted by Crippen LogP contribution is -2.29. The predicted molar refractivity (Wildman–Crippen MR) is 94.1 cm³/mol. The molecule has 0 saturated carbocycles. The number of nitrogens with one attached hydrogen (secondary N) is 1. The minimum absolute atomic E-state index is 0.0211. The van der Waals surface area contributed by atoms with Crippen LogP contribution in [-0.2, 0) is 6.42 Å². The Bertz CT molecular complexity index is 684. The smallest absolute Gasteiger partial charge is 0.276 e. The van der Waals surface area contributed by atoms with Gasteiger partial charge in [0.2, 0.25) is 0 Å². The summed E-state index contributed by atoms with van der Waals surface area (Å²) < 4.78 is 0. The van der Waals surface area contributed by atoms with E-state index in [2.05, 4.69) is 23.3 Å². The van der Waals surface area contributed by atoms with Crippen LogP contribution in [-0.4, -0.2) is 24.0 Å². The van der Waals surface area contributed by atoms with Gasteiger partial charge >= 0.3 is 0 Å². The van der Waals surface area contributed by atoms with Crippen molar-refractivity contribution >= 4 is 17.3 Å². The minimum Gasteiger partial charge on any atom is -0.385 e. The third-order valence-corrected chi connectivity index (χ3v) is 4.22. The Labute approximate surface area is 137 Å². The van der Waals surface area contributed by atoms with Crippen molar-refractivity contribution < 1.29 is 4.79 Å². The van der Waals surface area contributed by atoms with Gasteiger partial charge in [0.15, 0.2) is 0 Å². The Hall–Kier alpha value is -2.36. The molecule has 1 aromatic carbocycles. The first kappa shape index (κ1) is 15.5. The van der Waals surface area contributed by atoms with Crippen LogP contribution in [0.4, 0.5) is 11.4 Å². The summed E-state index contributed by atoms with van der Waals surface area (Å²) in [6, 6.07) is 11.9. The molecule has 0 aliphatic carbocycles. The number of carbonyl (C=O) groups is 1. The molecule has 0 bridgehead atoms. The Morgan fingerprint density at radius 3 is 3.00 bits per heavy atom. The number of anilines is 2. The maximum Gasteiger partial charge on any atom is 0.276 e. The summed E-state index contributed by atoms with van der Waals surface area (Å²) in [5.41, 5.74) is 3.71. The van der Waals surface area contributed by atoms with Crippen LogP contribution in [0.15, 0.2) is 42.6 Å². The summed E-state index contributed by atoms with van der Waals surface area (Å²) in [5.74, 6) is -0.0211. The van der Waals surface area contributed by atoms with E-state index >= 15 is 0 Å². The highest BCUT2D eigenvalue weighted by atomic mass is 16.2. The molecular weight excluding hydrogens is 286 g/mol. The van der Waals surface area contributed by atoms with Crippen LogP contribution in [0, 0.1) is 0 Å². The van der Waals surface area contributed by atoms with Crippen LogP contribution in [0.2, 0.25) is 0 Å². The Morgan fingerprint density at radius 1 is 1.26 bits per heavy atom. The van der Waals surface area contributed by atoms with Crippen LogP contribution in [0.3, 0.4) is 0 Å². The van der Waals surface area contributed by atoms with Gasteiger partial charge in [-0.1, -0.05) is 38.0 Å². The fraction of sp³-hybridized carbons (Fsp3) is 0.368. The number of amides is 1. The van der Waals surface area contributed by atoms with Crippen molar-refractivity contribution in [2.45, 2.75) is 32.6 Å². The van der Waals surface area contributed by atoms with Gasteiger partial charge in [-0.3, -0.25) is 9.78 Å². The Balaban J connectivity index is 1.71. The van der Waals surface area contributed by atoms with Gasteiger partial charge in [-0.25, -0.2) is 0 Å². The second kappa shape index (κ2) is 7.27. The fourth-order valence-electron chi connectivity index (χ4n) is 2.95. The number of pyridine rings is 1. The lowest BCUT2D eigenvalue weighted by Gasteiger charge is -2.17. The standard InChI is InChI=1S/C19H23N3O/c1-2-3-6-11-20-16-9-12-21-17(14-16)19(23)22-13-10-15-7-4-5-8-18(15)22/h4-5,7-9,12,14H,2-3,6,10-11,13H2,1H3,(H,20,21). The SMILES string of the molecule is CCCCCNc1ccnc(C(=O)N2CCc3ccccc32)c1. The van der Waals surface area contributed by atoms with E-state index in [4.69, 9.17) is 0 Å². The van der Waals surface area contributed by atoms with Crippen LogP contribution in [0.25, 0.3) is 0 Å². The molecule has 4 heteroatoms. The topological polar surface area (TPSA) is 45.2 Å². The molecule has 2 aromatic rings. The fourth-order valence-corrected chi connectivity index (χ4v) is 2.95. The van der Waals surface area contributed by atoms with Crippen molar-refractivity contribution in [1.82, 2.24) is 4.98 Å². The quantitative estimate of drug-likeness (QED) is 0.823. The number of carbonyl (C=O) groups excluding carboxylic acids is 1. The molecule has 1 amide bonds.